The number of piperidine rings is 1. The molecule has 1 N–H and O–H groups in total. The highest BCUT2D eigenvalue weighted by atomic mass is 16.5. The van der Waals surface area contributed by atoms with Crippen molar-refractivity contribution in [3.05, 3.63) is 53.8 Å². The minimum Gasteiger partial charge on any atom is -0.462 e. The number of nitrogens with zero attached hydrogens (tertiary/aromatic N) is 5. The van der Waals surface area contributed by atoms with E-state index in [2.05, 4.69) is 25.5 Å². The number of carbonyl (C=O) groups excluding carboxylic acids is 2. The van der Waals surface area contributed by atoms with Crippen molar-refractivity contribution in [1.29, 1.82) is 0 Å². The molecule has 4 rings (SSSR count). The number of amides is 1. The van der Waals surface area contributed by atoms with Gasteiger partial charge in [0.05, 0.1) is 31.0 Å². The summed E-state index contributed by atoms with van der Waals surface area (Å²) in [6, 6.07) is 9.30. The van der Waals surface area contributed by atoms with Crippen LogP contribution >= 0.6 is 0 Å². The quantitative estimate of drug-likeness (QED) is 0.560. The van der Waals surface area contributed by atoms with Gasteiger partial charge in [0.25, 0.3) is 0 Å². The van der Waals surface area contributed by atoms with Gasteiger partial charge in [0, 0.05) is 6.54 Å². The zero-order valence-corrected chi connectivity index (χ0v) is 18.2. The molecule has 1 atom stereocenters. The number of esters is 1. The molecule has 0 spiro atoms. The molecule has 10 heteroatoms. The Morgan fingerprint density at radius 2 is 2.09 bits per heavy atom. The van der Waals surface area contributed by atoms with Crippen LogP contribution in [0.3, 0.4) is 0 Å². The van der Waals surface area contributed by atoms with E-state index in [0.29, 0.717) is 24.1 Å². The SMILES string of the molecule is CCOC(=O)c1cnn(-c2ccccc2)c1NC(=O)CN1CCCC(c2nc(C)no2)C1. The maximum absolute atomic E-state index is 12.9. The van der Waals surface area contributed by atoms with Gasteiger partial charge in [-0.2, -0.15) is 10.1 Å². The summed E-state index contributed by atoms with van der Waals surface area (Å²) in [5, 5.41) is 11.0. The Kier molecular flexibility index (Phi) is 6.60. The van der Waals surface area contributed by atoms with Gasteiger partial charge < -0.3 is 14.6 Å². The van der Waals surface area contributed by atoms with Crippen LogP contribution in [-0.4, -0.2) is 62.9 Å². The molecule has 0 aliphatic carbocycles. The highest BCUT2D eigenvalue weighted by Crippen LogP contribution is 2.26. The van der Waals surface area contributed by atoms with Crippen molar-refractivity contribution in [3.8, 4) is 5.69 Å². The Balaban J connectivity index is 1.49. The van der Waals surface area contributed by atoms with Crippen LogP contribution in [0.5, 0.6) is 0 Å². The molecule has 0 bridgehead atoms. The van der Waals surface area contributed by atoms with Crippen molar-refractivity contribution in [2.75, 3.05) is 31.6 Å². The molecule has 1 amide bonds. The topological polar surface area (TPSA) is 115 Å². The molecule has 2 aromatic heterocycles. The van der Waals surface area contributed by atoms with Gasteiger partial charge in [0.1, 0.15) is 5.56 Å². The van der Waals surface area contributed by atoms with Crippen molar-refractivity contribution in [2.45, 2.75) is 32.6 Å². The average molecular weight is 438 g/mol. The monoisotopic (exact) mass is 438 g/mol. The van der Waals surface area contributed by atoms with Crippen LogP contribution in [0, 0.1) is 6.92 Å². The molecule has 3 heterocycles. The lowest BCUT2D eigenvalue weighted by Gasteiger charge is -2.30. The number of rotatable bonds is 7. The number of para-hydroxylation sites is 1. The molecule has 32 heavy (non-hydrogen) atoms. The average Bonchev–Trinajstić information content (AvgIpc) is 3.41. The maximum atomic E-state index is 12.9. The predicted molar refractivity (Wildman–Crippen MR) is 116 cm³/mol. The van der Waals surface area contributed by atoms with Gasteiger partial charge in [-0.3, -0.25) is 9.69 Å². The minimum atomic E-state index is -0.533. The predicted octanol–water partition coefficient (Wildman–Crippen LogP) is 2.56. The standard InChI is InChI=1S/C22H26N6O4/c1-3-31-22(30)18-12-23-28(17-9-5-4-6-10-17)20(18)25-19(29)14-27-11-7-8-16(13-27)21-24-15(2)26-32-21/h4-6,9-10,12,16H,3,7-8,11,13-14H2,1-2H3,(H,25,29). The molecule has 0 radical (unpaired) electrons. The lowest BCUT2D eigenvalue weighted by molar-refractivity contribution is -0.117. The van der Waals surface area contributed by atoms with Crippen LogP contribution in [-0.2, 0) is 9.53 Å². The van der Waals surface area contributed by atoms with E-state index >= 15 is 0 Å². The van der Waals surface area contributed by atoms with Crippen LogP contribution in [0.15, 0.2) is 41.1 Å². The Morgan fingerprint density at radius 3 is 2.81 bits per heavy atom. The minimum absolute atomic E-state index is 0.0997. The number of benzene rings is 1. The first-order chi connectivity index (χ1) is 15.5. The number of aromatic nitrogens is 4. The summed E-state index contributed by atoms with van der Waals surface area (Å²) in [4.78, 5) is 31.8. The number of anilines is 1. The van der Waals surface area contributed by atoms with Gasteiger partial charge in [0.2, 0.25) is 11.8 Å². The zero-order valence-electron chi connectivity index (χ0n) is 18.2. The number of nitrogens with one attached hydrogen (secondary N) is 1. The molecule has 1 unspecified atom stereocenters. The first-order valence-electron chi connectivity index (χ1n) is 10.7. The summed E-state index contributed by atoms with van der Waals surface area (Å²) in [6.45, 7) is 5.36. The Labute approximate surface area is 185 Å². The summed E-state index contributed by atoms with van der Waals surface area (Å²) in [5.41, 5.74) is 0.935. The maximum Gasteiger partial charge on any atom is 0.343 e. The lowest BCUT2D eigenvalue weighted by atomic mass is 9.98. The number of hydrogen-bond donors (Lipinski definition) is 1. The third-order valence-electron chi connectivity index (χ3n) is 5.29. The van der Waals surface area contributed by atoms with E-state index in [1.165, 1.54) is 10.9 Å². The smallest absolute Gasteiger partial charge is 0.343 e. The van der Waals surface area contributed by atoms with Gasteiger partial charge in [-0.05, 0) is 45.4 Å². The second-order valence-electron chi connectivity index (χ2n) is 7.68. The van der Waals surface area contributed by atoms with Crippen LogP contribution in [0.1, 0.15) is 47.8 Å². The molecule has 1 fully saturated rings. The van der Waals surface area contributed by atoms with Gasteiger partial charge in [-0.25, -0.2) is 9.48 Å². The number of carbonyl (C=O) groups is 2. The third kappa shape index (κ3) is 4.86. The highest BCUT2D eigenvalue weighted by molar-refractivity contribution is 6.01. The van der Waals surface area contributed by atoms with Crippen molar-refractivity contribution in [1.82, 2.24) is 24.8 Å². The number of ether oxygens (including phenoxy) is 1. The van der Waals surface area contributed by atoms with E-state index in [1.54, 1.807) is 13.8 Å². The van der Waals surface area contributed by atoms with Crippen LogP contribution in [0.25, 0.3) is 5.69 Å². The zero-order chi connectivity index (χ0) is 22.5. The van der Waals surface area contributed by atoms with E-state index in [9.17, 15) is 9.59 Å². The van der Waals surface area contributed by atoms with Crippen LogP contribution in [0.4, 0.5) is 5.82 Å². The molecule has 10 nitrogen and oxygen atoms in total. The second kappa shape index (κ2) is 9.73. The fraction of sp³-hybridized carbons (Fsp3) is 0.409. The first kappa shape index (κ1) is 21.7. The summed E-state index contributed by atoms with van der Waals surface area (Å²) in [5.74, 6) is 0.837. The largest absolute Gasteiger partial charge is 0.462 e. The molecular formula is C22H26N6O4. The van der Waals surface area contributed by atoms with Crippen molar-refractivity contribution < 1.29 is 18.8 Å². The Morgan fingerprint density at radius 1 is 1.28 bits per heavy atom. The first-order valence-corrected chi connectivity index (χ1v) is 10.7. The normalized spacial score (nSPS) is 16.6. The lowest BCUT2D eigenvalue weighted by Crippen LogP contribution is -2.40. The fourth-order valence-corrected chi connectivity index (χ4v) is 3.85. The van der Waals surface area contributed by atoms with Crippen LogP contribution < -0.4 is 5.32 Å². The van der Waals surface area contributed by atoms with Gasteiger partial charge in [-0.1, -0.05) is 23.4 Å². The van der Waals surface area contributed by atoms with Crippen molar-refractivity contribution in [2.24, 2.45) is 0 Å². The summed E-state index contributed by atoms with van der Waals surface area (Å²) >= 11 is 0. The molecule has 168 valence electrons. The molecule has 1 saturated heterocycles. The molecular weight excluding hydrogens is 412 g/mol. The van der Waals surface area contributed by atoms with E-state index < -0.39 is 5.97 Å². The second-order valence-corrected chi connectivity index (χ2v) is 7.68. The van der Waals surface area contributed by atoms with E-state index in [-0.39, 0.29) is 30.5 Å². The summed E-state index contributed by atoms with van der Waals surface area (Å²) in [6.07, 6.45) is 3.28. The van der Waals surface area contributed by atoms with Crippen molar-refractivity contribution in [3.63, 3.8) is 0 Å². The Hall–Kier alpha value is -3.53. The van der Waals surface area contributed by atoms with E-state index in [4.69, 9.17) is 9.26 Å². The number of likely N-dealkylation sites (tertiary alicyclic amines) is 1. The molecule has 1 aromatic carbocycles. The molecule has 1 aliphatic heterocycles. The number of aryl methyl sites for hydroxylation is 1. The molecule has 0 saturated carbocycles. The molecule has 1 aliphatic rings. The highest BCUT2D eigenvalue weighted by Gasteiger charge is 2.28. The Bertz CT molecular complexity index is 1080. The van der Waals surface area contributed by atoms with E-state index in [1.807, 2.05) is 30.3 Å². The van der Waals surface area contributed by atoms with E-state index in [0.717, 1.165) is 25.1 Å². The van der Waals surface area contributed by atoms with Gasteiger partial charge in [-0.15, -0.1) is 0 Å². The summed E-state index contributed by atoms with van der Waals surface area (Å²) in [7, 11) is 0. The van der Waals surface area contributed by atoms with Crippen LogP contribution in [0.2, 0.25) is 0 Å². The van der Waals surface area contributed by atoms with Crippen molar-refractivity contribution >= 4 is 17.7 Å². The fourth-order valence-electron chi connectivity index (χ4n) is 3.85. The third-order valence-corrected chi connectivity index (χ3v) is 5.29. The number of hydrogen-bond acceptors (Lipinski definition) is 8. The van der Waals surface area contributed by atoms with Gasteiger partial charge >= 0.3 is 5.97 Å². The summed E-state index contributed by atoms with van der Waals surface area (Å²) < 4.78 is 12.0. The molecule has 3 aromatic rings. The van der Waals surface area contributed by atoms with Gasteiger partial charge in [0.15, 0.2) is 11.6 Å².